The van der Waals surface area contributed by atoms with Gasteiger partial charge in [-0.1, -0.05) is 164 Å². The number of carbonyl (C=O) groups is 1. The third-order valence-corrected chi connectivity index (χ3v) is 9.37. The van der Waals surface area contributed by atoms with E-state index in [0.717, 1.165) is 83.5 Å². The normalized spacial score (nSPS) is 14.3. The summed E-state index contributed by atoms with van der Waals surface area (Å²) in [5.74, 6) is -0.343. The minimum Gasteiger partial charge on any atom is -0.457 e. The number of ether oxygens (including phenoxy) is 2. The minimum atomic E-state index is -4.27. The Balaban J connectivity index is 3.96. The van der Waals surface area contributed by atoms with E-state index in [9.17, 15) is 14.3 Å². The predicted octanol–water partition coefficient (Wildman–Crippen LogP) is 12.4. The molecule has 0 amide bonds. The monoisotopic (exact) mass is 764 g/mol. The summed E-state index contributed by atoms with van der Waals surface area (Å²) in [7, 11) is -4.27. The Morgan fingerprint density at radius 2 is 1.06 bits per heavy atom. The molecule has 2 unspecified atom stereocenters. The molecule has 0 radical (unpaired) electrons. The highest BCUT2D eigenvalue weighted by molar-refractivity contribution is 7.47. The van der Waals surface area contributed by atoms with Crippen molar-refractivity contribution in [2.75, 3.05) is 33.0 Å². The molecule has 53 heavy (non-hydrogen) atoms. The third kappa shape index (κ3) is 41.0. The molecule has 0 aliphatic carbocycles. The van der Waals surface area contributed by atoms with E-state index in [1.165, 1.54) is 57.8 Å². The van der Waals surface area contributed by atoms with Crippen LogP contribution in [0, 0.1) is 0 Å². The fourth-order valence-electron chi connectivity index (χ4n) is 5.35. The Morgan fingerprint density at radius 1 is 0.585 bits per heavy atom. The Bertz CT molecular complexity index is 1040. The van der Waals surface area contributed by atoms with Gasteiger partial charge in [-0.05, 0) is 64.2 Å². The fraction of sp³-hybridized carbons (Fsp3) is 0.705. The Morgan fingerprint density at radius 3 is 1.58 bits per heavy atom. The molecule has 2 atom stereocenters. The maximum Gasteiger partial charge on any atom is 0.472 e. The number of phosphoric acid groups is 1. The van der Waals surface area contributed by atoms with Crippen LogP contribution in [0.15, 0.2) is 72.9 Å². The summed E-state index contributed by atoms with van der Waals surface area (Å²) in [5.41, 5.74) is 5.35. The maximum absolute atomic E-state index is 12.5. The first-order chi connectivity index (χ1) is 25.9. The Labute approximate surface area is 325 Å². The van der Waals surface area contributed by atoms with Gasteiger partial charge in [0.25, 0.3) is 0 Å². The van der Waals surface area contributed by atoms with Crippen molar-refractivity contribution >= 4 is 13.8 Å². The number of allylic oxidation sites excluding steroid dienone is 12. The Kier molecular flexibility index (Phi) is 39.5. The smallest absolute Gasteiger partial charge is 0.457 e. The van der Waals surface area contributed by atoms with Crippen molar-refractivity contribution in [2.45, 2.75) is 168 Å². The summed E-state index contributed by atoms with van der Waals surface area (Å²) in [6, 6.07) is 0. The van der Waals surface area contributed by atoms with Gasteiger partial charge in [-0.25, -0.2) is 4.57 Å². The summed E-state index contributed by atoms with van der Waals surface area (Å²) in [6.07, 6.45) is 50.8. The fourth-order valence-corrected chi connectivity index (χ4v) is 6.12. The predicted molar refractivity (Wildman–Crippen MR) is 224 cm³/mol. The molecular formula is C44H78NO7P. The number of rotatable bonds is 39. The van der Waals surface area contributed by atoms with E-state index in [1.807, 2.05) is 0 Å². The van der Waals surface area contributed by atoms with Gasteiger partial charge in [-0.15, -0.1) is 0 Å². The maximum atomic E-state index is 12.5. The van der Waals surface area contributed by atoms with Crippen LogP contribution in [0.25, 0.3) is 0 Å². The minimum absolute atomic E-state index is 0.0956. The molecule has 0 saturated heterocycles. The summed E-state index contributed by atoms with van der Waals surface area (Å²) < 4.78 is 33.3. The summed E-state index contributed by atoms with van der Waals surface area (Å²) in [4.78, 5) is 22.3. The molecule has 8 nitrogen and oxygen atoms in total. The van der Waals surface area contributed by atoms with Crippen LogP contribution in [0.5, 0.6) is 0 Å². The molecule has 0 rings (SSSR count). The highest BCUT2D eigenvalue weighted by atomic mass is 31.2. The summed E-state index contributed by atoms with van der Waals surface area (Å²) >= 11 is 0. The van der Waals surface area contributed by atoms with Gasteiger partial charge in [-0.3, -0.25) is 13.8 Å². The summed E-state index contributed by atoms with van der Waals surface area (Å²) in [5, 5.41) is 0. The molecule has 0 aromatic heterocycles. The van der Waals surface area contributed by atoms with Gasteiger partial charge in [-0.2, -0.15) is 0 Å². The van der Waals surface area contributed by atoms with Crippen molar-refractivity contribution in [2.24, 2.45) is 5.73 Å². The molecule has 0 aliphatic heterocycles. The highest BCUT2D eigenvalue weighted by Crippen LogP contribution is 2.43. The number of nitrogens with two attached hydrogens (primary N) is 1. The molecular weight excluding hydrogens is 685 g/mol. The van der Waals surface area contributed by atoms with Gasteiger partial charge < -0.3 is 20.1 Å². The molecule has 0 aliphatic rings. The van der Waals surface area contributed by atoms with E-state index >= 15 is 0 Å². The number of hydrogen-bond donors (Lipinski definition) is 2. The first kappa shape index (κ1) is 50.9. The van der Waals surface area contributed by atoms with Crippen LogP contribution < -0.4 is 5.73 Å². The van der Waals surface area contributed by atoms with E-state index < -0.39 is 13.9 Å². The van der Waals surface area contributed by atoms with Crippen molar-refractivity contribution in [1.82, 2.24) is 0 Å². The number of unbranched alkanes of at least 4 members (excludes halogenated alkanes) is 14. The molecule has 0 aromatic rings. The van der Waals surface area contributed by atoms with Crippen LogP contribution >= 0.6 is 7.82 Å². The van der Waals surface area contributed by atoms with Crippen molar-refractivity contribution in [1.29, 1.82) is 0 Å². The quantitative estimate of drug-likeness (QED) is 0.0275. The zero-order chi connectivity index (χ0) is 38.8. The highest BCUT2D eigenvalue weighted by Gasteiger charge is 2.25. The van der Waals surface area contributed by atoms with E-state index in [2.05, 4.69) is 86.8 Å². The molecule has 0 heterocycles. The van der Waals surface area contributed by atoms with Crippen molar-refractivity contribution in [3.63, 3.8) is 0 Å². The van der Waals surface area contributed by atoms with E-state index in [1.54, 1.807) is 0 Å². The van der Waals surface area contributed by atoms with Crippen LogP contribution in [-0.4, -0.2) is 49.9 Å². The standard InChI is InChI=1S/C44H78NO7P/c1-3-5-7-9-11-13-14-15-16-17-18-19-20-21-22-23-24-25-26-27-28-29-30-32-34-36-39-49-41-43(42-51-53(47,48)50-40-38-45)52-44(46)37-35-33-31-12-10-8-6-4-2/h5,7,11,13,15-16,18-19,21-22,24-25,43H,3-4,6,8-10,12,14,17,20,23,26-42,45H2,1-2H3,(H,47,48)/b7-5-,13-11-,16-15-,19-18-,22-21-,25-24-. The van der Waals surface area contributed by atoms with Gasteiger partial charge >= 0.3 is 13.8 Å². The van der Waals surface area contributed by atoms with Crippen LogP contribution in [-0.2, 0) is 27.9 Å². The van der Waals surface area contributed by atoms with Crippen LogP contribution in [0.2, 0.25) is 0 Å². The lowest BCUT2D eigenvalue weighted by Crippen LogP contribution is -2.28. The largest absolute Gasteiger partial charge is 0.472 e. The molecule has 9 heteroatoms. The first-order valence-corrected chi connectivity index (χ1v) is 22.4. The second-order valence-corrected chi connectivity index (χ2v) is 14.9. The van der Waals surface area contributed by atoms with Gasteiger partial charge in [0.15, 0.2) is 0 Å². The lowest BCUT2D eigenvalue weighted by molar-refractivity contribution is -0.154. The van der Waals surface area contributed by atoms with Crippen LogP contribution in [0.3, 0.4) is 0 Å². The molecule has 0 saturated carbocycles. The van der Waals surface area contributed by atoms with Crippen LogP contribution in [0.1, 0.15) is 162 Å². The number of esters is 1. The lowest BCUT2D eigenvalue weighted by atomic mass is 10.1. The number of carbonyl (C=O) groups excluding carboxylic acids is 1. The SMILES string of the molecule is CC/C=C\C/C=C\C/C=C\C/C=C\C/C=C\C/C=C\CCCCCCCCCOCC(COP(=O)(O)OCCN)OC(=O)CCCCCCCCCC. The van der Waals surface area contributed by atoms with Gasteiger partial charge in [0, 0.05) is 19.6 Å². The lowest BCUT2D eigenvalue weighted by Gasteiger charge is -2.20. The third-order valence-electron chi connectivity index (χ3n) is 8.39. The van der Waals surface area contributed by atoms with Gasteiger partial charge in [0.05, 0.1) is 19.8 Å². The average molecular weight is 764 g/mol. The average Bonchev–Trinajstić information content (AvgIpc) is 3.15. The van der Waals surface area contributed by atoms with E-state index in [-0.39, 0.29) is 32.3 Å². The Hall–Kier alpha value is -2.06. The van der Waals surface area contributed by atoms with Crippen molar-refractivity contribution in [3.8, 4) is 0 Å². The van der Waals surface area contributed by atoms with Crippen molar-refractivity contribution in [3.05, 3.63) is 72.9 Å². The first-order valence-electron chi connectivity index (χ1n) is 20.9. The molecule has 3 N–H and O–H groups in total. The molecule has 0 spiro atoms. The van der Waals surface area contributed by atoms with E-state index in [0.29, 0.717) is 13.0 Å². The zero-order valence-corrected chi connectivity index (χ0v) is 34.6. The topological polar surface area (TPSA) is 117 Å². The second-order valence-electron chi connectivity index (χ2n) is 13.5. The number of hydrogen-bond acceptors (Lipinski definition) is 7. The van der Waals surface area contributed by atoms with E-state index in [4.69, 9.17) is 24.3 Å². The molecule has 0 aromatic carbocycles. The molecule has 0 bridgehead atoms. The molecule has 0 fully saturated rings. The van der Waals surface area contributed by atoms with Crippen LogP contribution in [0.4, 0.5) is 0 Å². The zero-order valence-electron chi connectivity index (χ0n) is 33.7. The van der Waals surface area contributed by atoms with Gasteiger partial charge in [0.1, 0.15) is 6.10 Å². The number of phosphoric ester groups is 1. The summed E-state index contributed by atoms with van der Waals surface area (Å²) in [6.45, 7) is 4.73. The molecule has 306 valence electrons. The van der Waals surface area contributed by atoms with Crippen molar-refractivity contribution < 1.29 is 32.8 Å². The second kappa shape index (κ2) is 41.1. The van der Waals surface area contributed by atoms with Gasteiger partial charge in [0.2, 0.25) is 0 Å².